The zero-order chi connectivity index (χ0) is 7.98. The van der Waals surface area contributed by atoms with Gasteiger partial charge in [0.25, 0.3) is 0 Å². The predicted molar refractivity (Wildman–Crippen MR) is 36.8 cm³/mol. The largest absolute Gasteiger partial charge is 0.380 e. The average Bonchev–Trinajstić information content (AvgIpc) is 1.99. The molecule has 0 aromatic carbocycles. The van der Waals surface area contributed by atoms with Crippen LogP contribution >= 0.6 is 0 Å². The number of hydrogen-bond acceptors (Lipinski definition) is 4. The summed E-state index contributed by atoms with van der Waals surface area (Å²) in [4.78, 5) is 10.6. The van der Waals surface area contributed by atoms with Crippen molar-refractivity contribution in [2.75, 3.05) is 13.7 Å². The van der Waals surface area contributed by atoms with Crippen LogP contribution in [0.15, 0.2) is 0 Å². The predicted octanol–water partition coefficient (Wildman–Crippen LogP) is -1.66. The molecule has 0 aliphatic rings. The van der Waals surface area contributed by atoms with Crippen molar-refractivity contribution >= 4 is 5.91 Å². The van der Waals surface area contributed by atoms with Gasteiger partial charge < -0.3 is 10.5 Å². The zero-order valence-corrected chi connectivity index (χ0v) is 5.96. The van der Waals surface area contributed by atoms with E-state index in [1.54, 1.807) is 0 Å². The first-order chi connectivity index (χ1) is 4.74. The van der Waals surface area contributed by atoms with Crippen molar-refractivity contribution in [3.63, 3.8) is 0 Å². The fourth-order valence-corrected chi connectivity index (χ4v) is 0.529. The highest BCUT2D eigenvalue weighted by Gasteiger charge is 2.08. The first-order valence-corrected chi connectivity index (χ1v) is 2.97. The van der Waals surface area contributed by atoms with Crippen LogP contribution in [0.3, 0.4) is 0 Å². The average molecular weight is 147 g/mol. The lowest BCUT2D eigenvalue weighted by molar-refractivity contribution is -0.123. The molecule has 60 valence electrons. The summed E-state index contributed by atoms with van der Waals surface area (Å²) in [5.41, 5.74) is 7.23. The minimum Gasteiger partial charge on any atom is -0.380 e. The molecule has 0 rings (SSSR count). The minimum absolute atomic E-state index is 0.212. The Kier molecular flexibility index (Phi) is 4.82. The van der Waals surface area contributed by atoms with E-state index in [9.17, 15) is 4.79 Å². The molecule has 1 atom stereocenters. The van der Waals surface area contributed by atoms with E-state index in [0.717, 1.165) is 0 Å². The molecule has 10 heavy (non-hydrogen) atoms. The van der Waals surface area contributed by atoms with Gasteiger partial charge in [-0.05, 0) is 0 Å². The summed E-state index contributed by atoms with van der Waals surface area (Å²) in [7, 11) is 1.50. The van der Waals surface area contributed by atoms with E-state index in [0.29, 0.717) is 6.54 Å². The van der Waals surface area contributed by atoms with Crippen LogP contribution < -0.4 is 17.0 Å². The van der Waals surface area contributed by atoms with E-state index < -0.39 is 0 Å². The SMILES string of the molecule is COC(CN)CC(=O)NN. The molecule has 1 amide bonds. The Morgan fingerprint density at radius 1 is 1.80 bits per heavy atom. The van der Waals surface area contributed by atoms with E-state index in [-0.39, 0.29) is 18.4 Å². The van der Waals surface area contributed by atoms with Gasteiger partial charge in [0.1, 0.15) is 0 Å². The van der Waals surface area contributed by atoms with Crippen molar-refractivity contribution < 1.29 is 9.53 Å². The lowest BCUT2D eigenvalue weighted by Crippen LogP contribution is -2.35. The Balaban J connectivity index is 3.52. The summed E-state index contributed by atoms with van der Waals surface area (Å²) in [5, 5.41) is 0. The van der Waals surface area contributed by atoms with Crippen molar-refractivity contribution in [2.45, 2.75) is 12.5 Å². The monoisotopic (exact) mass is 147 g/mol. The summed E-state index contributed by atoms with van der Waals surface area (Å²) in [5.74, 6) is 4.57. The van der Waals surface area contributed by atoms with Crippen molar-refractivity contribution in [3.05, 3.63) is 0 Å². The Morgan fingerprint density at radius 2 is 2.40 bits per heavy atom. The second-order valence-corrected chi connectivity index (χ2v) is 1.87. The smallest absolute Gasteiger partial charge is 0.236 e. The maximum absolute atomic E-state index is 10.6. The number of rotatable bonds is 4. The van der Waals surface area contributed by atoms with Crippen LogP contribution in [0.4, 0.5) is 0 Å². The first-order valence-electron chi connectivity index (χ1n) is 2.97. The van der Waals surface area contributed by atoms with Gasteiger partial charge in [-0.1, -0.05) is 0 Å². The number of nitrogens with two attached hydrogens (primary N) is 2. The molecule has 5 nitrogen and oxygen atoms in total. The third-order valence-corrected chi connectivity index (χ3v) is 1.17. The standard InChI is InChI=1S/C5H13N3O2/c1-10-4(3-6)2-5(9)8-7/h4H,2-3,6-7H2,1H3,(H,8,9). The summed E-state index contributed by atoms with van der Waals surface area (Å²) in [6, 6.07) is 0. The van der Waals surface area contributed by atoms with Crippen molar-refractivity contribution in [1.82, 2.24) is 5.43 Å². The number of methoxy groups -OCH3 is 1. The quantitative estimate of drug-likeness (QED) is 0.252. The summed E-state index contributed by atoms with van der Waals surface area (Å²) < 4.78 is 4.83. The van der Waals surface area contributed by atoms with E-state index >= 15 is 0 Å². The van der Waals surface area contributed by atoms with Crippen LogP contribution in [-0.2, 0) is 9.53 Å². The Bertz CT molecular complexity index is 103. The number of hydrogen-bond donors (Lipinski definition) is 3. The van der Waals surface area contributed by atoms with Gasteiger partial charge in [-0.25, -0.2) is 5.84 Å². The maximum atomic E-state index is 10.6. The number of carbonyl (C=O) groups is 1. The molecule has 1 unspecified atom stereocenters. The lowest BCUT2D eigenvalue weighted by Gasteiger charge is -2.10. The summed E-state index contributed by atoms with van der Waals surface area (Å²) >= 11 is 0. The third-order valence-electron chi connectivity index (χ3n) is 1.17. The molecule has 0 radical (unpaired) electrons. The van der Waals surface area contributed by atoms with Crippen LogP contribution in [0.5, 0.6) is 0 Å². The van der Waals surface area contributed by atoms with Crippen molar-refractivity contribution in [3.8, 4) is 0 Å². The summed E-state index contributed by atoms with van der Waals surface area (Å²) in [6.07, 6.45) is -0.0210. The van der Waals surface area contributed by atoms with E-state index in [2.05, 4.69) is 0 Å². The zero-order valence-electron chi connectivity index (χ0n) is 5.96. The fourth-order valence-electron chi connectivity index (χ4n) is 0.529. The minimum atomic E-state index is -0.266. The van der Waals surface area contributed by atoms with Crippen LogP contribution in [-0.4, -0.2) is 25.7 Å². The van der Waals surface area contributed by atoms with Gasteiger partial charge in [0.2, 0.25) is 5.91 Å². The lowest BCUT2D eigenvalue weighted by atomic mass is 10.2. The molecule has 0 bridgehead atoms. The van der Waals surface area contributed by atoms with E-state index in [1.165, 1.54) is 7.11 Å². The maximum Gasteiger partial charge on any atom is 0.236 e. The van der Waals surface area contributed by atoms with Gasteiger partial charge >= 0.3 is 0 Å². The van der Waals surface area contributed by atoms with Crippen LogP contribution in [0, 0.1) is 0 Å². The van der Waals surface area contributed by atoms with Crippen LogP contribution in [0.2, 0.25) is 0 Å². The first kappa shape index (κ1) is 9.35. The highest BCUT2D eigenvalue weighted by Crippen LogP contribution is 1.92. The summed E-state index contributed by atoms with van der Waals surface area (Å²) in [6.45, 7) is 0.323. The molecule has 0 heterocycles. The second-order valence-electron chi connectivity index (χ2n) is 1.87. The number of amides is 1. The van der Waals surface area contributed by atoms with E-state index in [1.807, 2.05) is 5.43 Å². The Hall–Kier alpha value is -0.650. The number of hydrazine groups is 1. The second kappa shape index (κ2) is 5.16. The third kappa shape index (κ3) is 3.39. The number of carbonyl (C=O) groups excluding carboxylic acids is 1. The van der Waals surface area contributed by atoms with Crippen molar-refractivity contribution in [2.24, 2.45) is 11.6 Å². The Labute approximate surface area is 59.7 Å². The highest BCUT2D eigenvalue weighted by atomic mass is 16.5. The van der Waals surface area contributed by atoms with Gasteiger partial charge in [-0.2, -0.15) is 0 Å². The highest BCUT2D eigenvalue weighted by molar-refractivity contribution is 5.75. The molecule has 0 saturated carbocycles. The van der Waals surface area contributed by atoms with Gasteiger partial charge in [-0.15, -0.1) is 0 Å². The van der Waals surface area contributed by atoms with Gasteiger partial charge in [0, 0.05) is 13.7 Å². The number of nitrogens with one attached hydrogen (secondary N) is 1. The molecule has 0 aromatic rings. The topological polar surface area (TPSA) is 90.4 Å². The fraction of sp³-hybridized carbons (Fsp3) is 0.800. The molecular formula is C5H13N3O2. The number of ether oxygens (including phenoxy) is 1. The molecule has 0 saturated heterocycles. The van der Waals surface area contributed by atoms with Crippen molar-refractivity contribution in [1.29, 1.82) is 0 Å². The molecule has 0 aliphatic heterocycles. The molecular weight excluding hydrogens is 134 g/mol. The van der Waals surface area contributed by atoms with Gasteiger partial charge in [0.05, 0.1) is 12.5 Å². The molecule has 0 fully saturated rings. The normalized spacial score (nSPS) is 12.7. The van der Waals surface area contributed by atoms with Gasteiger partial charge in [0.15, 0.2) is 0 Å². The Morgan fingerprint density at radius 3 is 2.70 bits per heavy atom. The van der Waals surface area contributed by atoms with Crippen LogP contribution in [0.25, 0.3) is 0 Å². The molecule has 0 aromatic heterocycles. The van der Waals surface area contributed by atoms with Gasteiger partial charge in [-0.3, -0.25) is 10.2 Å². The van der Waals surface area contributed by atoms with E-state index in [4.69, 9.17) is 16.3 Å². The van der Waals surface area contributed by atoms with Crippen LogP contribution in [0.1, 0.15) is 6.42 Å². The molecule has 5 heteroatoms. The molecule has 5 N–H and O–H groups in total. The molecule has 0 aliphatic carbocycles. The molecule has 0 spiro atoms.